The van der Waals surface area contributed by atoms with Gasteiger partial charge in [0, 0.05) is 25.9 Å². The third-order valence-corrected chi connectivity index (χ3v) is 4.10. The number of aromatic nitrogens is 1. The number of halogens is 1. The van der Waals surface area contributed by atoms with Crippen LogP contribution < -0.4 is 0 Å². The maximum absolute atomic E-state index is 12.5. The van der Waals surface area contributed by atoms with E-state index in [-0.39, 0.29) is 5.91 Å². The number of likely N-dealkylation sites (tertiary alicyclic amines) is 1. The Bertz CT molecular complexity index is 519. The van der Waals surface area contributed by atoms with Crippen LogP contribution in [0.4, 0.5) is 0 Å². The third kappa shape index (κ3) is 2.53. The number of aryl methyl sites for hydroxylation is 1. The van der Waals surface area contributed by atoms with Gasteiger partial charge in [0.25, 0.3) is 5.91 Å². The lowest BCUT2D eigenvalue weighted by Crippen LogP contribution is -2.47. The predicted octanol–water partition coefficient (Wildman–Crippen LogP) is 2.02. The zero-order valence-electron chi connectivity index (χ0n) is 11.4. The third-order valence-electron chi connectivity index (χ3n) is 3.89. The Morgan fingerprint density at radius 2 is 1.95 bits per heavy atom. The molecule has 2 aliphatic rings. The van der Waals surface area contributed by atoms with E-state index in [1.807, 2.05) is 13.0 Å². The van der Waals surface area contributed by atoms with E-state index in [9.17, 15) is 4.79 Å². The predicted molar refractivity (Wildman–Crippen MR) is 73.8 cm³/mol. The lowest BCUT2D eigenvalue weighted by molar-refractivity contribution is -0.181. The fourth-order valence-electron chi connectivity index (χ4n) is 2.71. The van der Waals surface area contributed by atoms with Crippen molar-refractivity contribution in [2.75, 3.05) is 26.3 Å². The molecule has 108 valence electrons. The molecule has 0 aliphatic carbocycles. The second-order valence-corrected chi connectivity index (χ2v) is 5.59. The average Bonchev–Trinajstić information content (AvgIpc) is 2.90. The van der Waals surface area contributed by atoms with Gasteiger partial charge in [-0.05, 0) is 18.6 Å². The van der Waals surface area contributed by atoms with E-state index in [1.54, 1.807) is 11.0 Å². The number of hydrogen-bond acceptors (Lipinski definition) is 4. The molecule has 3 rings (SSSR count). The van der Waals surface area contributed by atoms with Crippen molar-refractivity contribution >= 4 is 17.5 Å². The first kappa shape index (κ1) is 13.8. The number of carbonyl (C=O) groups is 1. The molecule has 1 amide bonds. The van der Waals surface area contributed by atoms with Crippen LogP contribution >= 0.6 is 11.6 Å². The Hall–Kier alpha value is -1.17. The molecule has 0 bridgehead atoms. The summed E-state index contributed by atoms with van der Waals surface area (Å²) in [4.78, 5) is 18.4. The minimum absolute atomic E-state index is 0.0714. The summed E-state index contributed by atoms with van der Waals surface area (Å²) in [5, 5.41) is 0.342. The molecular weight excluding hydrogens is 280 g/mol. The van der Waals surface area contributed by atoms with Crippen LogP contribution in [0.3, 0.4) is 0 Å². The maximum atomic E-state index is 12.5. The van der Waals surface area contributed by atoms with Gasteiger partial charge in [-0.3, -0.25) is 4.79 Å². The maximum Gasteiger partial charge on any atom is 0.272 e. The van der Waals surface area contributed by atoms with E-state index in [2.05, 4.69) is 4.98 Å². The van der Waals surface area contributed by atoms with E-state index in [4.69, 9.17) is 21.1 Å². The standard InChI is InChI=1S/C14H17ClN2O3/c1-10-2-3-11(15)16-12(10)13(18)17-6-4-14(5-7-17)19-8-9-20-14/h2-3H,4-9H2,1H3. The van der Waals surface area contributed by atoms with Gasteiger partial charge in [-0.1, -0.05) is 17.7 Å². The summed E-state index contributed by atoms with van der Waals surface area (Å²) in [6, 6.07) is 3.51. The SMILES string of the molecule is Cc1ccc(Cl)nc1C(=O)N1CCC2(CC1)OCCO2. The summed E-state index contributed by atoms with van der Waals surface area (Å²) in [6.07, 6.45) is 1.41. The highest BCUT2D eigenvalue weighted by Gasteiger charge is 2.41. The van der Waals surface area contributed by atoms with Gasteiger partial charge < -0.3 is 14.4 Å². The first-order chi connectivity index (χ1) is 9.60. The van der Waals surface area contributed by atoms with Crippen molar-refractivity contribution in [1.29, 1.82) is 0 Å². The summed E-state index contributed by atoms with van der Waals surface area (Å²) in [5.74, 6) is -0.536. The first-order valence-electron chi connectivity index (χ1n) is 6.80. The Balaban J connectivity index is 1.71. The molecule has 5 nitrogen and oxygen atoms in total. The van der Waals surface area contributed by atoms with Crippen molar-refractivity contribution in [1.82, 2.24) is 9.88 Å². The van der Waals surface area contributed by atoms with E-state index >= 15 is 0 Å². The Labute approximate surface area is 122 Å². The highest BCUT2D eigenvalue weighted by atomic mass is 35.5. The van der Waals surface area contributed by atoms with Crippen LogP contribution in [0.15, 0.2) is 12.1 Å². The number of hydrogen-bond donors (Lipinski definition) is 0. The van der Waals surface area contributed by atoms with Gasteiger partial charge in [0.1, 0.15) is 10.8 Å². The van der Waals surface area contributed by atoms with Crippen molar-refractivity contribution in [3.05, 3.63) is 28.5 Å². The Kier molecular flexibility index (Phi) is 3.67. The molecule has 1 spiro atoms. The number of carbonyl (C=O) groups excluding carboxylic acids is 1. The number of amides is 1. The molecular formula is C14H17ClN2O3. The number of rotatable bonds is 1. The zero-order chi connectivity index (χ0) is 14.2. The van der Waals surface area contributed by atoms with Crippen LogP contribution in [0.5, 0.6) is 0 Å². The second kappa shape index (κ2) is 5.31. The molecule has 0 aromatic carbocycles. The molecule has 1 aromatic rings. The van der Waals surface area contributed by atoms with Gasteiger partial charge in [-0.2, -0.15) is 0 Å². The van der Waals surface area contributed by atoms with Gasteiger partial charge in [0.15, 0.2) is 5.79 Å². The van der Waals surface area contributed by atoms with Crippen molar-refractivity contribution in [2.24, 2.45) is 0 Å². The van der Waals surface area contributed by atoms with Crippen molar-refractivity contribution < 1.29 is 14.3 Å². The van der Waals surface area contributed by atoms with Crippen LogP contribution in [-0.4, -0.2) is 47.9 Å². The monoisotopic (exact) mass is 296 g/mol. The molecule has 2 fully saturated rings. The number of ether oxygens (including phenoxy) is 2. The minimum Gasteiger partial charge on any atom is -0.347 e. The highest BCUT2D eigenvalue weighted by molar-refractivity contribution is 6.29. The van der Waals surface area contributed by atoms with Crippen molar-refractivity contribution in [3.63, 3.8) is 0 Å². The quantitative estimate of drug-likeness (QED) is 0.744. The molecule has 2 saturated heterocycles. The van der Waals surface area contributed by atoms with Crippen molar-refractivity contribution in [3.8, 4) is 0 Å². The zero-order valence-corrected chi connectivity index (χ0v) is 12.2. The number of pyridine rings is 1. The fraction of sp³-hybridized carbons (Fsp3) is 0.571. The molecule has 20 heavy (non-hydrogen) atoms. The summed E-state index contributed by atoms with van der Waals surface area (Å²) in [7, 11) is 0. The van der Waals surface area contributed by atoms with Crippen LogP contribution in [0, 0.1) is 6.92 Å². The molecule has 0 saturated carbocycles. The highest BCUT2D eigenvalue weighted by Crippen LogP contribution is 2.31. The molecule has 3 heterocycles. The van der Waals surface area contributed by atoms with Crippen molar-refractivity contribution in [2.45, 2.75) is 25.6 Å². The molecule has 2 aliphatic heterocycles. The van der Waals surface area contributed by atoms with Crippen LogP contribution in [0.1, 0.15) is 28.9 Å². The van der Waals surface area contributed by atoms with E-state index in [0.29, 0.717) is 50.0 Å². The fourth-order valence-corrected chi connectivity index (χ4v) is 2.85. The lowest BCUT2D eigenvalue weighted by atomic mass is 10.0. The van der Waals surface area contributed by atoms with E-state index < -0.39 is 5.79 Å². The normalized spacial score (nSPS) is 21.4. The van der Waals surface area contributed by atoms with Gasteiger partial charge in [-0.15, -0.1) is 0 Å². The number of piperidine rings is 1. The Morgan fingerprint density at radius 1 is 1.30 bits per heavy atom. The molecule has 0 unspecified atom stereocenters. The lowest BCUT2D eigenvalue weighted by Gasteiger charge is -2.37. The van der Waals surface area contributed by atoms with Gasteiger partial charge in [0.2, 0.25) is 0 Å². The van der Waals surface area contributed by atoms with Crippen LogP contribution in [0.25, 0.3) is 0 Å². The molecule has 1 aromatic heterocycles. The molecule has 0 N–H and O–H groups in total. The molecule has 0 atom stereocenters. The van der Waals surface area contributed by atoms with Crippen LogP contribution in [0.2, 0.25) is 5.15 Å². The minimum atomic E-state index is -0.465. The summed E-state index contributed by atoms with van der Waals surface area (Å²) >= 11 is 5.88. The van der Waals surface area contributed by atoms with Gasteiger partial charge >= 0.3 is 0 Å². The van der Waals surface area contributed by atoms with E-state index in [0.717, 1.165) is 5.56 Å². The topological polar surface area (TPSA) is 51.7 Å². The molecule has 6 heteroatoms. The van der Waals surface area contributed by atoms with Gasteiger partial charge in [0.05, 0.1) is 13.2 Å². The summed E-state index contributed by atoms with van der Waals surface area (Å²) < 4.78 is 11.3. The number of nitrogens with zero attached hydrogens (tertiary/aromatic N) is 2. The van der Waals surface area contributed by atoms with E-state index in [1.165, 1.54) is 0 Å². The molecule has 0 radical (unpaired) electrons. The average molecular weight is 297 g/mol. The summed E-state index contributed by atoms with van der Waals surface area (Å²) in [6.45, 7) is 4.38. The first-order valence-corrected chi connectivity index (χ1v) is 7.18. The largest absolute Gasteiger partial charge is 0.347 e. The van der Waals surface area contributed by atoms with Gasteiger partial charge in [-0.25, -0.2) is 4.98 Å². The summed E-state index contributed by atoms with van der Waals surface area (Å²) in [5.41, 5.74) is 1.27. The van der Waals surface area contributed by atoms with Crippen LogP contribution in [-0.2, 0) is 9.47 Å². The smallest absolute Gasteiger partial charge is 0.272 e. The Morgan fingerprint density at radius 3 is 2.60 bits per heavy atom. The second-order valence-electron chi connectivity index (χ2n) is 5.20.